The van der Waals surface area contributed by atoms with Gasteiger partial charge in [0.25, 0.3) is 5.91 Å². The molecule has 1 N–H and O–H groups in total. The zero-order valence-corrected chi connectivity index (χ0v) is 14.2. The molecule has 1 fully saturated rings. The summed E-state index contributed by atoms with van der Waals surface area (Å²) in [6.07, 6.45) is 9.07. The van der Waals surface area contributed by atoms with Crippen molar-refractivity contribution in [3.63, 3.8) is 0 Å². The van der Waals surface area contributed by atoms with Crippen molar-refractivity contribution in [2.45, 2.75) is 51.6 Å². The third kappa shape index (κ3) is 3.04. The minimum absolute atomic E-state index is 0.126. The summed E-state index contributed by atoms with van der Waals surface area (Å²) in [6.45, 7) is 3.20. The van der Waals surface area contributed by atoms with Gasteiger partial charge >= 0.3 is 0 Å². The molecule has 2 aliphatic rings. The summed E-state index contributed by atoms with van der Waals surface area (Å²) in [5.41, 5.74) is 2.24. The summed E-state index contributed by atoms with van der Waals surface area (Å²) in [7, 11) is 0. The molecule has 0 radical (unpaired) electrons. The second kappa shape index (κ2) is 6.07. The molecule has 0 saturated heterocycles. The Labute approximate surface area is 140 Å². The Hall–Kier alpha value is -1.69. The lowest BCUT2D eigenvalue weighted by molar-refractivity contribution is 0.0878. The highest BCUT2D eigenvalue weighted by molar-refractivity contribution is 7.10. The van der Waals surface area contributed by atoms with Crippen molar-refractivity contribution >= 4 is 17.2 Å². The Bertz CT molecular complexity index is 688. The zero-order valence-electron chi connectivity index (χ0n) is 13.4. The van der Waals surface area contributed by atoms with E-state index in [2.05, 4.69) is 27.9 Å². The van der Waals surface area contributed by atoms with E-state index in [-0.39, 0.29) is 5.91 Å². The van der Waals surface area contributed by atoms with Gasteiger partial charge in [0.1, 0.15) is 0 Å². The fourth-order valence-corrected chi connectivity index (χ4v) is 4.97. The fourth-order valence-electron chi connectivity index (χ4n) is 3.73. The molecule has 1 amide bonds. The van der Waals surface area contributed by atoms with Crippen molar-refractivity contribution in [1.29, 1.82) is 0 Å². The van der Waals surface area contributed by atoms with E-state index in [0.717, 1.165) is 43.7 Å². The van der Waals surface area contributed by atoms with Gasteiger partial charge in [0, 0.05) is 29.0 Å². The highest BCUT2D eigenvalue weighted by Gasteiger charge is 2.32. The maximum absolute atomic E-state index is 12.6. The van der Waals surface area contributed by atoms with E-state index in [1.807, 2.05) is 10.9 Å². The Kier molecular flexibility index (Phi) is 3.93. The number of amides is 1. The quantitative estimate of drug-likeness (QED) is 0.937. The molecule has 1 atom stereocenters. The fraction of sp³-hybridized carbons (Fsp3) is 0.588. The normalized spacial score (nSPS) is 26.4. The van der Waals surface area contributed by atoms with Crippen molar-refractivity contribution < 1.29 is 4.79 Å². The molecule has 1 unspecified atom stereocenters. The molecule has 5 nitrogen and oxygen atoms in total. The number of aromatic nitrogens is 3. The van der Waals surface area contributed by atoms with Crippen LogP contribution >= 0.6 is 11.3 Å². The van der Waals surface area contributed by atoms with Gasteiger partial charge in [-0.05, 0) is 49.5 Å². The third-order valence-electron chi connectivity index (χ3n) is 5.13. The van der Waals surface area contributed by atoms with Crippen LogP contribution in [-0.4, -0.2) is 26.9 Å². The maximum Gasteiger partial charge on any atom is 0.252 e. The highest BCUT2D eigenvalue weighted by atomic mass is 32.1. The molecule has 2 aromatic heterocycles. The molecule has 2 aromatic rings. The van der Waals surface area contributed by atoms with Gasteiger partial charge in [-0.3, -0.25) is 9.48 Å². The highest BCUT2D eigenvalue weighted by Crippen LogP contribution is 2.34. The van der Waals surface area contributed by atoms with Crippen molar-refractivity contribution in [2.75, 3.05) is 0 Å². The molecular formula is C17H22N4OS. The van der Waals surface area contributed by atoms with Crippen molar-refractivity contribution in [1.82, 2.24) is 20.3 Å². The number of carbonyl (C=O) groups excluding carboxylic acids is 1. The molecule has 6 heteroatoms. The van der Waals surface area contributed by atoms with Crippen LogP contribution in [0.5, 0.6) is 0 Å². The number of hydrogen-bond acceptors (Lipinski definition) is 4. The first kappa shape index (κ1) is 14.9. The molecule has 0 bridgehead atoms. The lowest BCUT2D eigenvalue weighted by atomic mass is 9.80. The predicted molar refractivity (Wildman–Crippen MR) is 89.5 cm³/mol. The molecule has 0 aliphatic heterocycles. The second-order valence-electron chi connectivity index (χ2n) is 7.03. The summed E-state index contributed by atoms with van der Waals surface area (Å²) < 4.78 is 1.87. The first-order valence-electron chi connectivity index (χ1n) is 8.43. The minimum atomic E-state index is 0.126. The molecule has 2 heterocycles. The van der Waals surface area contributed by atoms with Gasteiger partial charge in [-0.15, -0.1) is 16.4 Å². The average Bonchev–Trinajstić information content (AvgIpc) is 3.13. The van der Waals surface area contributed by atoms with Gasteiger partial charge in [-0.25, -0.2) is 0 Å². The molecule has 2 aliphatic carbocycles. The van der Waals surface area contributed by atoms with Crippen molar-refractivity contribution in [3.05, 3.63) is 33.8 Å². The van der Waals surface area contributed by atoms with E-state index < -0.39 is 0 Å². The van der Waals surface area contributed by atoms with E-state index in [1.165, 1.54) is 16.9 Å². The van der Waals surface area contributed by atoms with E-state index in [4.69, 9.17) is 0 Å². The largest absolute Gasteiger partial charge is 0.349 e. The van der Waals surface area contributed by atoms with Crippen LogP contribution in [-0.2, 0) is 19.4 Å². The van der Waals surface area contributed by atoms with E-state index in [9.17, 15) is 4.79 Å². The number of hydrogen-bond donors (Lipinski definition) is 1. The van der Waals surface area contributed by atoms with Crippen LogP contribution in [0.1, 0.15) is 47.0 Å². The molecule has 1 saturated carbocycles. The number of rotatable bonds is 4. The molecule has 23 heavy (non-hydrogen) atoms. The second-order valence-corrected chi connectivity index (χ2v) is 8.00. The Morgan fingerprint density at radius 3 is 3.13 bits per heavy atom. The summed E-state index contributed by atoms with van der Waals surface area (Å²) in [6, 6.07) is 0.314. The van der Waals surface area contributed by atoms with Gasteiger partial charge in [0.05, 0.1) is 11.8 Å². The Balaban J connectivity index is 1.32. The minimum Gasteiger partial charge on any atom is -0.349 e. The van der Waals surface area contributed by atoms with Crippen LogP contribution in [0.4, 0.5) is 0 Å². The van der Waals surface area contributed by atoms with Crippen molar-refractivity contribution in [2.24, 2.45) is 11.8 Å². The van der Waals surface area contributed by atoms with Crippen molar-refractivity contribution in [3.8, 4) is 0 Å². The lowest BCUT2D eigenvalue weighted by Crippen LogP contribution is -2.45. The van der Waals surface area contributed by atoms with Crippen LogP contribution in [0.15, 0.2) is 17.8 Å². The van der Waals surface area contributed by atoms with Crippen LogP contribution in [0, 0.1) is 11.8 Å². The predicted octanol–water partition coefficient (Wildman–Crippen LogP) is 2.67. The zero-order chi connectivity index (χ0) is 15.8. The SMILES string of the molecule is CC1CCc2c(C(=O)NC3CC(Cn4ccnn4)C3)csc2C1. The van der Waals surface area contributed by atoms with Crippen LogP contribution in [0.25, 0.3) is 0 Å². The van der Waals surface area contributed by atoms with Gasteiger partial charge < -0.3 is 5.32 Å². The number of nitrogens with one attached hydrogen (secondary N) is 1. The van der Waals surface area contributed by atoms with E-state index in [0.29, 0.717) is 12.0 Å². The number of fused-ring (bicyclic) bond motifs is 1. The summed E-state index contributed by atoms with van der Waals surface area (Å²) in [5.74, 6) is 1.47. The first-order chi connectivity index (χ1) is 11.2. The smallest absolute Gasteiger partial charge is 0.252 e. The van der Waals surface area contributed by atoms with Crippen LogP contribution in [0.2, 0.25) is 0 Å². The van der Waals surface area contributed by atoms with Crippen LogP contribution in [0.3, 0.4) is 0 Å². The lowest BCUT2D eigenvalue weighted by Gasteiger charge is -2.35. The summed E-state index contributed by atoms with van der Waals surface area (Å²) >= 11 is 1.76. The average molecular weight is 330 g/mol. The standard InChI is InChI=1S/C17H22N4OS/c1-11-2-3-14-15(10-23-16(14)6-11)17(22)19-13-7-12(8-13)9-21-5-4-18-20-21/h4-5,10-13H,2-3,6-9H2,1H3,(H,19,22). The Morgan fingerprint density at radius 1 is 1.48 bits per heavy atom. The third-order valence-corrected chi connectivity index (χ3v) is 6.19. The maximum atomic E-state index is 12.6. The Morgan fingerprint density at radius 2 is 2.35 bits per heavy atom. The monoisotopic (exact) mass is 330 g/mol. The van der Waals surface area contributed by atoms with Crippen LogP contribution < -0.4 is 5.32 Å². The summed E-state index contributed by atoms with van der Waals surface area (Å²) in [4.78, 5) is 14.0. The molecule has 0 aromatic carbocycles. The number of nitrogens with zero attached hydrogens (tertiary/aromatic N) is 3. The van der Waals surface area contributed by atoms with Gasteiger partial charge in [0.2, 0.25) is 0 Å². The topological polar surface area (TPSA) is 59.8 Å². The van der Waals surface area contributed by atoms with Gasteiger partial charge in [0.15, 0.2) is 0 Å². The van der Waals surface area contributed by atoms with E-state index >= 15 is 0 Å². The molecular weight excluding hydrogens is 308 g/mol. The first-order valence-corrected chi connectivity index (χ1v) is 9.31. The molecule has 4 rings (SSSR count). The summed E-state index contributed by atoms with van der Waals surface area (Å²) in [5, 5.41) is 13.1. The number of thiophene rings is 1. The van der Waals surface area contributed by atoms with E-state index in [1.54, 1.807) is 17.5 Å². The molecule has 0 spiro atoms. The molecule has 122 valence electrons. The number of carbonyl (C=O) groups is 1. The van der Waals surface area contributed by atoms with Gasteiger partial charge in [-0.1, -0.05) is 12.1 Å². The van der Waals surface area contributed by atoms with Gasteiger partial charge in [-0.2, -0.15) is 0 Å².